The zero-order valence-corrected chi connectivity index (χ0v) is 19.1. The Balaban J connectivity index is 1.47. The molecule has 1 aromatic carbocycles. The fourth-order valence-corrected chi connectivity index (χ4v) is 5.18. The van der Waals surface area contributed by atoms with Crippen molar-refractivity contribution < 1.29 is 9.53 Å². The number of aromatic nitrogens is 1. The number of hydrazone groups is 1. The van der Waals surface area contributed by atoms with E-state index in [0.717, 1.165) is 59.5 Å². The number of nitrogens with zero attached hydrogens (tertiary/aromatic N) is 5. The van der Waals surface area contributed by atoms with Crippen molar-refractivity contribution in [2.75, 3.05) is 20.2 Å². The molecule has 0 spiro atoms. The van der Waals surface area contributed by atoms with E-state index < -0.39 is 5.91 Å². The molecular formula is C23H24N6O2S. The maximum Gasteiger partial charge on any atom is 0.283 e. The second kappa shape index (κ2) is 7.98. The Morgan fingerprint density at radius 3 is 2.53 bits per heavy atom. The van der Waals surface area contributed by atoms with Crippen LogP contribution in [0.4, 0.5) is 0 Å². The molecule has 0 aliphatic carbocycles. The quantitative estimate of drug-likeness (QED) is 0.723. The minimum absolute atomic E-state index is 0.0657. The number of benzene rings is 1. The van der Waals surface area contributed by atoms with E-state index in [1.54, 1.807) is 13.2 Å². The van der Waals surface area contributed by atoms with Crippen molar-refractivity contribution in [3.05, 3.63) is 52.9 Å². The van der Waals surface area contributed by atoms with Gasteiger partial charge < -0.3 is 14.2 Å². The predicted molar refractivity (Wildman–Crippen MR) is 128 cm³/mol. The number of carbonyl (C=O) groups is 1. The van der Waals surface area contributed by atoms with Crippen LogP contribution in [0.5, 0.6) is 5.75 Å². The van der Waals surface area contributed by atoms with Gasteiger partial charge in [-0.3, -0.25) is 10.2 Å². The summed E-state index contributed by atoms with van der Waals surface area (Å²) in [7, 11) is 1.65. The van der Waals surface area contributed by atoms with E-state index in [4.69, 9.17) is 10.1 Å². The average Bonchev–Trinajstić information content (AvgIpc) is 3.51. The number of hydrogen-bond donors (Lipinski definition) is 1. The summed E-state index contributed by atoms with van der Waals surface area (Å²) >= 11 is 1.37. The van der Waals surface area contributed by atoms with Crippen LogP contribution in [0.15, 0.2) is 46.0 Å². The van der Waals surface area contributed by atoms with Crippen molar-refractivity contribution in [1.82, 2.24) is 14.5 Å². The van der Waals surface area contributed by atoms with E-state index >= 15 is 0 Å². The van der Waals surface area contributed by atoms with Crippen molar-refractivity contribution in [3.63, 3.8) is 0 Å². The summed E-state index contributed by atoms with van der Waals surface area (Å²) in [5.74, 6) is 0.461. The lowest BCUT2D eigenvalue weighted by atomic mass is 10.1. The molecule has 4 heterocycles. The number of methoxy groups -OCH3 is 1. The molecule has 3 aliphatic rings. The number of aliphatic imine (C=N–C) groups is 1. The zero-order valence-electron chi connectivity index (χ0n) is 18.3. The SMILES string of the molecule is COc1ccc(-n2c(C)cc(/C=C3/C(=N)N4N=C(N5CCCC5)SC4=NC3=O)c2C)cc1. The summed E-state index contributed by atoms with van der Waals surface area (Å²) in [6.07, 6.45) is 4.02. The first kappa shape index (κ1) is 20.6. The summed E-state index contributed by atoms with van der Waals surface area (Å²) in [5.41, 5.74) is 4.14. The Kier molecular flexibility index (Phi) is 5.13. The minimum Gasteiger partial charge on any atom is -0.497 e. The Bertz CT molecular complexity index is 1200. The first-order valence-corrected chi connectivity index (χ1v) is 11.4. The molecule has 1 fully saturated rings. The van der Waals surface area contributed by atoms with E-state index in [2.05, 4.69) is 19.6 Å². The monoisotopic (exact) mass is 448 g/mol. The maximum absolute atomic E-state index is 12.8. The molecule has 0 bridgehead atoms. The highest BCUT2D eigenvalue weighted by Crippen LogP contribution is 2.32. The molecule has 1 N–H and O–H groups in total. The Morgan fingerprint density at radius 2 is 1.84 bits per heavy atom. The molecule has 0 radical (unpaired) electrons. The first-order chi connectivity index (χ1) is 15.5. The van der Waals surface area contributed by atoms with E-state index in [0.29, 0.717) is 5.17 Å². The van der Waals surface area contributed by atoms with Crippen LogP contribution in [0.1, 0.15) is 29.8 Å². The first-order valence-electron chi connectivity index (χ1n) is 10.5. The Hall–Kier alpha value is -3.33. The number of ether oxygens (including phenoxy) is 1. The molecule has 32 heavy (non-hydrogen) atoms. The van der Waals surface area contributed by atoms with Crippen molar-refractivity contribution in [3.8, 4) is 11.4 Å². The fraction of sp³-hybridized carbons (Fsp3) is 0.304. The molecule has 0 unspecified atom stereocenters. The van der Waals surface area contributed by atoms with Gasteiger partial charge in [-0.25, -0.2) is 0 Å². The number of fused-ring (bicyclic) bond motifs is 1. The van der Waals surface area contributed by atoms with Crippen molar-refractivity contribution in [2.45, 2.75) is 26.7 Å². The second-order valence-corrected chi connectivity index (χ2v) is 8.89. The highest BCUT2D eigenvalue weighted by Gasteiger charge is 2.37. The molecule has 8 nitrogen and oxygen atoms in total. The second-order valence-electron chi connectivity index (χ2n) is 7.96. The smallest absolute Gasteiger partial charge is 0.283 e. The summed E-state index contributed by atoms with van der Waals surface area (Å²) in [6.45, 7) is 5.93. The number of aryl methyl sites for hydroxylation is 1. The van der Waals surface area contributed by atoms with Crippen LogP contribution in [-0.4, -0.2) is 56.8 Å². The maximum atomic E-state index is 12.8. The van der Waals surface area contributed by atoms with E-state index in [1.807, 2.05) is 44.2 Å². The van der Waals surface area contributed by atoms with Crippen LogP contribution < -0.4 is 4.74 Å². The predicted octanol–water partition coefficient (Wildman–Crippen LogP) is 3.78. The van der Waals surface area contributed by atoms with Gasteiger partial charge in [-0.2, -0.15) is 10.0 Å². The Labute approximate surface area is 190 Å². The number of nitrogens with one attached hydrogen (secondary N) is 1. The van der Waals surface area contributed by atoms with Crippen LogP contribution >= 0.6 is 11.8 Å². The van der Waals surface area contributed by atoms with Crippen LogP contribution in [0.3, 0.4) is 0 Å². The largest absolute Gasteiger partial charge is 0.497 e. The van der Waals surface area contributed by atoms with Crippen molar-refractivity contribution in [1.29, 1.82) is 5.41 Å². The van der Waals surface area contributed by atoms with Crippen LogP contribution in [0.2, 0.25) is 0 Å². The summed E-state index contributed by atoms with van der Waals surface area (Å²) in [4.78, 5) is 19.2. The fourth-order valence-electron chi connectivity index (χ4n) is 4.24. The average molecular weight is 449 g/mol. The van der Waals surface area contributed by atoms with Gasteiger partial charge in [0.2, 0.25) is 5.17 Å². The molecule has 164 valence electrons. The molecular weight excluding hydrogens is 424 g/mol. The molecule has 2 aromatic rings. The van der Waals surface area contributed by atoms with Crippen LogP contribution in [0.25, 0.3) is 11.8 Å². The number of rotatable bonds is 3. The topological polar surface area (TPSA) is 86.3 Å². The number of amidine groups is 3. The summed E-state index contributed by atoms with van der Waals surface area (Å²) < 4.78 is 7.37. The van der Waals surface area contributed by atoms with Gasteiger partial charge in [-0.1, -0.05) is 0 Å². The summed E-state index contributed by atoms with van der Waals surface area (Å²) in [5, 5.41) is 16.0. The van der Waals surface area contributed by atoms with Gasteiger partial charge >= 0.3 is 0 Å². The molecule has 0 saturated carbocycles. The minimum atomic E-state index is -0.402. The van der Waals surface area contributed by atoms with Gasteiger partial charge in [0.05, 0.1) is 12.7 Å². The lowest BCUT2D eigenvalue weighted by Gasteiger charge is -2.20. The molecule has 0 atom stereocenters. The van der Waals surface area contributed by atoms with Gasteiger partial charge in [0.25, 0.3) is 5.91 Å². The van der Waals surface area contributed by atoms with Crippen LogP contribution in [0, 0.1) is 19.3 Å². The van der Waals surface area contributed by atoms with Gasteiger partial charge in [-0.05, 0) is 80.4 Å². The zero-order chi connectivity index (χ0) is 22.4. The van der Waals surface area contributed by atoms with E-state index in [1.165, 1.54) is 16.8 Å². The molecule has 1 amide bonds. The van der Waals surface area contributed by atoms with Gasteiger partial charge in [0.1, 0.15) is 5.75 Å². The number of thioether (sulfide) groups is 1. The molecule has 3 aliphatic heterocycles. The number of likely N-dealkylation sites (tertiary alicyclic amines) is 1. The summed E-state index contributed by atoms with van der Waals surface area (Å²) in [6, 6.07) is 9.85. The number of hydrogen-bond acceptors (Lipinski definition) is 6. The van der Waals surface area contributed by atoms with E-state index in [-0.39, 0.29) is 11.4 Å². The Morgan fingerprint density at radius 1 is 1.12 bits per heavy atom. The van der Waals surface area contributed by atoms with Crippen LogP contribution in [-0.2, 0) is 4.79 Å². The lowest BCUT2D eigenvalue weighted by molar-refractivity contribution is -0.114. The highest BCUT2D eigenvalue weighted by atomic mass is 32.2. The van der Waals surface area contributed by atoms with Crippen molar-refractivity contribution >= 4 is 39.9 Å². The van der Waals surface area contributed by atoms with Gasteiger partial charge in [0, 0.05) is 30.2 Å². The molecule has 9 heteroatoms. The molecule has 1 saturated heterocycles. The molecule has 1 aromatic heterocycles. The van der Waals surface area contributed by atoms with Crippen molar-refractivity contribution in [2.24, 2.45) is 10.1 Å². The van der Waals surface area contributed by atoms with Gasteiger partial charge in [-0.15, -0.1) is 5.10 Å². The third kappa shape index (κ3) is 3.42. The standard InChI is InChI=1S/C23H24N6O2S/c1-14-12-16(15(2)28(14)17-6-8-18(31-3)9-7-17)13-19-20(24)29-22(25-21(19)30)32-23(26-29)27-10-4-5-11-27/h6-9,12-13,24H,4-5,10-11H2,1-3H3/b19-13-,24-20?. The number of amides is 1. The lowest BCUT2D eigenvalue weighted by Crippen LogP contribution is -2.35. The number of carbonyl (C=O) groups excluding carboxylic acids is 1. The third-order valence-corrected chi connectivity index (χ3v) is 6.89. The van der Waals surface area contributed by atoms with E-state index in [9.17, 15) is 4.79 Å². The normalized spacial score (nSPS) is 19.5. The molecule has 5 rings (SSSR count). The highest BCUT2D eigenvalue weighted by molar-refractivity contribution is 8.26. The third-order valence-electron chi connectivity index (χ3n) is 5.92. The van der Waals surface area contributed by atoms with Gasteiger partial charge in [0.15, 0.2) is 11.0 Å².